The summed E-state index contributed by atoms with van der Waals surface area (Å²) in [6.07, 6.45) is 0. The molecule has 2 heterocycles. The van der Waals surface area contributed by atoms with Crippen LogP contribution in [-0.4, -0.2) is 49.3 Å². The predicted octanol–water partition coefficient (Wildman–Crippen LogP) is 1.22. The van der Waals surface area contributed by atoms with E-state index in [9.17, 15) is 14.7 Å². The van der Waals surface area contributed by atoms with E-state index in [0.717, 1.165) is 4.47 Å². The molecule has 1 N–H and O–H groups in total. The number of nitrogens with zero attached hydrogens (tertiary/aromatic N) is 4. The molecule has 1 aromatic carbocycles. The van der Waals surface area contributed by atoms with E-state index in [1.165, 1.54) is 4.90 Å². The average Bonchev–Trinajstić information content (AvgIpc) is 2.93. The summed E-state index contributed by atoms with van der Waals surface area (Å²) in [4.78, 5) is 25.3. The molecule has 0 saturated carbocycles. The Morgan fingerprint density at radius 2 is 2.12 bits per heavy atom. The highest BCUT2D eigenvalue weighted by Gasteiger charge is 2.36. The second-order valence-corrected chi connectivity index (χ2v) is 6.22. The van der Waals surface area contributed by atoms with Gasteiger partial charge in [0.2, 0.25) is 0 Å². The molecule has 0 saturated heterocycles. The Bertz CT molecular complexity index is 792. The summed E-state index contributed by atoms with van der Waals surface area (Å²) in [6, 6.07) is 6.17. The van der Waals surface area contributed by atoms with E-state index < -0.39 is 17.9 Å². The molecule has 1 aliphatic rings. The summed E-state index contributed by atoms with van der Waals surface area (Å²) >= 11 is 3.34. The average molecular weight is 395 g/mol. The zero-order valence-corrected chi connectivity index (χ0v) is 14.4. The first-order valence-corrected chi connectivity index (χ1v) is 8.05. The van der Waals surface area contributed by atoms with Crippen LogP contribution < -0.4 is 4.74 Å². The molecule has 0 bridgehead atoms. The largest absolute Gasteiger partial charge is 0.483 e. The van der Waals surface area contributed by atoms with Gasteiger partial charge in [0.25, 0.3) is 5.91 Å². The minimum atomic E-state index is -1.07. The van der Waals surface area contributed by atoms with Crippen molar-refractivity contribution in [2.45, 2.75) is 26.1 Å². The number of benzene rings is 1. The zero-order valence-electron chi connectivity index (χ0n) is 12.8. The van der Waals surface area contributed by atoms with E-state index in [4.69, 9.17) is 4.74 Å². The number of amides is 1. The molecule has 1 atom stereocenters. The van der Waals surface area contributed by atoms with Crippen molar-refractivity contribution in [3.8, 4) is 5.75 Å². The van der Waals surface area contributed by atoms with Crippen LogP contribution >= 0.6 is 15.9 Å². The molecule has 0 radical (unpaired) electrons. The van der Waals surface area contributed by atoms with Gasteiger partial charge in [-0.25, -0.2) is 4.79 Å². The molecule has 0 spiro atoms. The molecule has 1 amide bonds. The Balaban J connectivity index is 1.75. The normalized spacial score (nSPS) is 16.6. The summed E-state index contributed by atoms with van der Waals surface area (Å²) < 4.78 is 7.94. The third-order valence-corrected chi connectivity index (χ3v) is 4.50. The Kier molecular flexibility index (Phi) is 4.52. The number of fused-ring (bicyclic) bond motifs is 1. The number of rotatable bonds is 4. The van der Waals surface area contributed by atoms with Crippen LogP contribution in [0, 0.1) is 6.92 Å². The summed E-state index contributed by atoms with van der Waals surface area (Å²) in [5.41, 5.74) is 0. The second kappa shape index (κ2) is 6.60. The maximum Gasteiger partial charge on any atom is 0.328 e. The number of carboxylic acids is 1. The molecule has 1 unspecified atom stereocenters. The second-order valence-electron chi connectivity index (χ2n) is 5.37. The standard InChI is InChI=1S/C15H15BrN4O4/c1-9-17-18-13-7-20(11(15(22)23)6-19(9)13)14(21)8-24-12-5-3-2-4-10(12)16/h2-5,11H,6-8H2,1H3,(H,22,23). The monoisotopic (exact) mass is 394 g/mol. The van der Waals surface area contributed by atoms with Crippen LogP contribution in [-0.2, 0) is 22.7 Å². The number of carboxylic acid groups (broad SMARTS) is 1. The van der Waals surface area contributed by atoms with Gasteiger partial charge < -0.3 is 19.3 Å². The number of aliphatic carboxylic acids is 1. The number of carbonyl (C=O) groups is 2. The molecular weight excluding hydrogens is 380 g/mol. The summed E-state index contributed by atoms with van der Waals surface area (Å²) in [5, 5.41) is 17.4. The van der Waals surface area contributed by atoms with Gasteiger partial charge in [-0.1, -0.05) is 12.1 Å². The molecule has 126 valence electrons. The fraction of sp³-hybridized carbons (Fsp3) is 0.333. The van der Waals surface area contributed by atoms with Crippen molar-refractivity contribution in [1.29, 1.82) is 0 Å². The first kappa shape index (κ1) is 16.4. The number of hydrogen-bond acceptors (Lipinski definition) is 5. The third kappa shape index (κ3) is 3.12. The van der Waals surface area contributed by atoms with Gasteiger partial charge in [-0.05, 0) is 35.0 Å². The molecule has 3 rings (SSSR count). The van der Waals surface area contributed by atoms with Crippen molar-refractivity contribution in [2.75, 3.05) is 6.61 Å². The topological polar surface area (TPSA) is 97.5 Å². The number of hydrogen-bond donors (Lipinski definition) is 1. The fourth-order valence-corrected chi connectivity index (χ4v) is 2.97. The lowest BCUT2D eigenvalue weighted by molar-refractivity contribution is -0.153. The van der Waals surface area contributed by atoms with E-state index in [1.54, 1.807) is 29.7 Å². The Hall–Kier alpha value is -2.42. The van der Waals surface area contributed by atoms with Crippen LogP contribution in [0.5, 0.6) is 5.75 Å². The quantitative estimate of drug-likeness (QED) is 0.836. The van der Waals surface area contributed by atoms with E-state index in [2.05, 4.69) is 26.1 Å². The maximum absolute atomic E-state index is 12.5. The van der Waals surface area contributed by atoms with Crippen molar-refractivity contribution in [1.82, 2.24) is 19.7 Å². The van der Waals surface area contributed by atoms with Gasteiger partial charge in [-0.2, -0.15) is 0 Å². The number of ether oxygens (including phenoxy) is 1. The maximum atomic E-state index is 12.5. The highest BCUT2D eigenvalue weighted by molar-refractivity contribution is 9.10. The van der Waals surface area contributed by atoms with Crippen LogP contribution in [0.1, 0.15) is 11.6 Å². The summed E-state index contributed by atoms with van der Waals surface area (Å²) in [6.45, 7) is 1.72. The lowest BCUT2D eigenvalue weighted by atomic mass is 10.2. The number of halogens is 1. The molecule has 8 nitrogen and oxygen atoms in total. The van der Waals surface area contributed by atoms with E-state index >= 15 is 0 Å². The molecule has 9 heteroatoms. The van der Waals surface area contributed by atoms with Crippen LogP contribution in [0.2, 0.25) is 0 Å². The number of para-hydroxylation sites is 1. The molecule has 0 aliphatic carbocycles. The number of carbonyl (C=O) groups excluding carboxylic acids is 1. The van der Waals surface area contributed by atoms with Crippen LogP contribution in [0.15, 0.2) is 28.7 Å². The van der Waals surface area contributed by atoms with Crippen molar-refractivity contribution in [3.05, 3.63) is 40.4 Å². The lowest BCUT2D eigenvalue weighted by Crippen LogP contribution is -2.52. The van der Waals surface area contributed by atoms with Gasteiger partial charge in [0.1, 0.15) is 17.6 Å². The van der Waals surface area contributed by atoms with Crippen LogP contribution in [0.25, 0.3) is 0 Å². The molecule has 1 aliphatic heterocycles. The Morgan fingerprint density at radius 3 is 2.83 bits per heavy atom. The molecule has 2 aromatic rings. The van der Waals surface area contributed by atoms with Gasteiger partial charge in [-0.15, -0.1) is 10.2 Å². The van der Waals surface area contributed by atoms with Gasteiger partial charge in [-0.3, -0.25) is 4.79 Å². The first-order chi connectivity index (χ1) is 11.5. The van der Waals surface area contributed by atoms with Crippen molar-refractivity contribution in [3.63, 3.8) is 0 Å². The van der Waals surface area contributed by atoms with Crippen LogP contribution in [0.3, 0.4) is 0 Å². The SMILES string of the molecule is Cc1nnc2n1CC(C(=O)O)N(C(=O)COc1ccccc1Br)C2. The predicted molar refractivity (Wildman–Crippen MR) is 86.4 cm³/mol. The van der Waals surface area contributed by atoms with E-state index in [-0.39, 0.29) is 19.7 Å². The Morgan fingerprint density at radius 1 is 1.38 bits per heavy atom. The van der Waals surface area contributed by atoms with Gasteiger partial charge in [0, 0.05) is 0 Å². The minimum Gasteiger partial charge on any atom is -0.483 e. The lowest BCUT2D eigenvalue weighted by Gasteiger charge is -2.33. The molecule has 1 aromatic heterocycles. The highest BCUT2D eigenvalue weighted by Crippen LogP contribution is 2.24. The smallest absolute Gasteiger partial charge is 0.328 e. The van der Waals surface area contributed by atoms with Gasteiger partial charge in [0.05, 0.1) is 17.6 Å². The van der Waals surface area contributed by atoms with Gasteiger partial charge >= 0.3 is 5.97 Å². The van der Waals surface area contributed by atoms with Crippen molar-refractivity contribution < 1.29 is 19.4 Å². The molecule has 24 heavy (non-hydrogen) atoms. The number of aromatic nitrogens is 3. The van der Waals surface area contributed by atoms with E-state index in [0.29, 0.717) is 17.4 Å². The highest BCUT2D eigenvalue weighted by atomic mass is 79.9. The molecule has 0 fully saturated rings. The van der Waals surface area contributed by atoms with Crippen LogP contribution in [0.4, 0.5) is 0 Å². The molecular formula is C15H15BrN4O4. The summed E-state index contributed by atoms with van der Waals surface area (Å²) in [7, 11) is 0. The zero-order chi connectivity index (χ0) is 17.3. The first-order valence-electron chi connectivity index (χ1n) is 7.25. The van der Waals surface area contributed by atoms with Crippen molar-refractivity contribution >= 4 is 27.8 Å². The van der Waals surface area contributed by atoms with Gasteiger partial charge in [0.15, 0.2) is 12.4 Å². The number of aryl methyl sites for hydroxylation is 1. The van der Waals surface area contributed by atoms with Crippen molar-refractivity contribution in [2.24, 2.45) is 0 Å². The minimum absolute atomic E-state index is 0.0932. The summed E-state index contributed by atoms with van der Waals surface area (Å²) in [5.74, 6) is 0.244. The Labute approximate surface area is 146 Å². The van der Waals surface area contributed by atoms with E-state index in [1.807, 2.05) is 6.07 Å². The third-order valence-electron chi connectivity index (χ3n) is 3.85. The fourth-order valence-electron chi connectivity index (χ4n) is 2.57.